The molecule has 0 aliphatic carbocycles. The summed E-state index contributed by atoms with van der Waals surface area (Å²) in [4.78, 5) is 29.0. The minimum absolute atomic E-state index is 0.178. The van der Waals surface area contributed by atoms with Gasteiger partial charge in [-0.15, -0.1) is 11.3 Å². The Labute approximate surface area is 167 Å². The highest BCUT2D eigenvalue weighted by Crippen LogP contribution is 2.26. The Balaban J connectivity index is 1.44. The molecular formula is C20H21ClN2O3S. The van der Waals surface area contributed by atoms with Crippen molar-refractivity contribution < 1.29 is 14.3 Å². The molecule has 3 rings (SSSR count). The average Bonchev–Trinajstić information content (AvgIpc) is 3.10. The first kappa shape index (κ1) is 19.5. The Hall–Kier alpha value is -2.31. The molecule has 0 atom stereocenters. The lowest BCUT2D eigenvalue weighted by Crippen LogP contribution is -2.50. The van der Waals surface area contributed by atoms with Gasteiger partial charge in [0.05, 0.1) is 10.7 Å². The molecule has 1 aliphatic heterocycles. The van der Waals surface area contributed by atoms with Crippen molar-refractivity contribution in [2.24, 2.45) is 0 Å². The average molecular weight is 405 g/mol. The highest BCUT2D eigenvalue weighted by Gasteiger charge is 2.22. The summed E-state index contributed by atoms with van der Waals surface area (Å²) in [6.07, 6.45) is 3.08. The summed E-state index contributed by atoms with van der Waals surface area (Å²) < 4.78 is 5.08. The lowest BCUT2D eigenvalue weighted by molar-refractivity contribution is -0.148. The third-order valence-electron chi connectivity index (χ3n) is 4.44. The van der Waals surface area contributed by atoms with Crippen molar-refractivity contribution in [2.45, 2.75) is 6.92 Å². The maximum Gasteiger partial charge on any atom is 0.331 e. The molecule has 0 radical (unpaired) electrons. The first-order chi connectivity index (χ1) is 13.0. The monoisotopic (exact) mass is 404 g/mol. The maximum absolute atomic E-state index is 12.3. The number of aryl methyl sites for hydroxylation is 1. The molecule has 7 heteroatoms. The third kappa shape index (κ3) is 5.11. The molecule has 1 aromatic heterocycles. The van der Waals surface area contributed by atoms with E-state index in [0.717, 1.165) is 16.1 Å². The Morgan fingerprint density at radius 1 is 1.19 bits per heavy atom. The lowest BCUT2D eigenvalue weighted by Gasteiger charge is -2.36. The van der Waals surface area contributed by atoms with Gasteiger partial charge >= 0.3 is 5.97 Å². The summed E-state index contributed by atoms with van der Waals surface area (Å²) in [5.74, 6) is -0.686. The van der Waals surface area contributed by atoms with E-state index in [9.17, 15) is 9.59 Å². The summed E-state index contributed by atoms with van der Waals surface area (Å²) >= 11 is 7.79. The zero-order valence-electron chi connectivity index (χ0n) is 15.1. The van der Waals surface area contributed by atoms with E-state index in [-0.39, 0.29) is 12.5 Å². The molecule has 1 fully saturated rings. The van der Waals surface area contributed by atoms with Gasteiger partial charge in [-0.1, -0.05) is 23.7 Å². The smallest absolute Gasteiger partial charge is 0.331 e. The van der Waals surface area contributed by atoms with E-state index in [1.54, 1.807) is 22.3 Å². The molecule has 1 saturated heterocycles. The molecule has 2 heterocycles. The van der Waals surface area contributed by atoms with Crippen LogP contribution in [0.1, 0.15) is 10.4 Å². The van der Waals surface area contributed by atoms with Crippen LogP contribution in [0.5, 0.6) is 0 Å². The summed E-state index contributed by atoms with van der Waals surface area (Å²) in [5, 5.41) is 2.67. The minimum Gasteiger partial charge on any atom is -0.452 e. The molecule has 0 bridgehead atoms. The first-order valence-corrected chi connectivity index (χ1v) is 9.96. The molecule has 0 unspecified atom stereocenters. The summed E-state index contributed by atoms with van der Waals surface area (Å²) in [5.41, 5.74) is 2.09. The second-order valence-electron chi connectivity index (χ2n) is 6.23. The van der Waals surface area contributed by atoms with Crippen molar-refractivity contribution in [3.8, 4) is 0 Å². The van der Waals surface area contributed by atoms with Crippen LogP contribution in [0, 0.1) is 6.92 Å². The molecule has 1 aliphatic rings. The van der Waals surface area contributed by atoms with Crippen LogP contribution in [0.2, 0.25) is 5.02 Å². The Kier molecular flexibility index (Phi) is 6.53. The Bertz CT molecular complexity index is 841. The number of amides is 1. The van der Waals surface area contributed by atoms with E-state index in [4.69, 9.17) is 16.3 Å². The number of piperazine rings is 1. The molecule has 5 nitrogen and oxygen atoms in total. The zero-order chi connectivity index (χ0) is 19.2. The number of nitrogens with zero attached hydrogens (tertiary/aromatic N) is 2. The molecule has 27 heavy (non-hydrogen) atoms. The number of hydrogen-bond donors (Lipinski definition) is 0. The van der Waals surface area contributed by atoms with Gasteiger partial charge in [0.2, 0.25) is 0 Å². The number of halogens is 1. The Morgan fingerprint density at radius 3 is 2.59 bits per heavy atom. The number of thiophene rings is 1. The number of carbonyl (C=O) groups is 2. The molecular weight excluding hydrogens is 384 g/mol. The fourth-order valence-electron chi connectivity index (χ4n) is 2.88. The topological polar surface area (TPSA) is 49.9 Å². The van der Waals surface area contributed by atoms with Gasteiger partial charge < -0.3 is 14.5 Å². The Morgan fingerprint density at radius 2 is 1.93 bits per heavy atom. The largest absolute Gasteiger partial charge is 0.452 e. The molecule has 142 valence electrons. The number of esters is 1. The van der Waals surface area contributed by atoms with Crippen molar-refractivity contribution in [1.29, 1.82) is 0 Å². The molecule has 1 aromatic carbocycles. The maximum atomic E-state index is 12.3. The standard InChI is InChI=1S/C20H21ClN2O3S/c1-15-8-13-27-18(15)6-7-20(25)26-14-19(24)23-11-9-22(10-12-23)17-5-3-2-4-16(17)21/h2-8,13H,9-12,14H2,1H3/b7-6+. The summed E-state index contributed by atoms with van der Waals surface area (Å²) in [6, 6.07) is 9.67. The molecule has 0 spiro atoms. The van der Waals surface area contributed by atoms with Crippen LogP contribution in [0.4, 0.5) is 5.69 Å². The number of rotatable bonds is 5. The summed E-state index contributed by atoms with van der Waals surface area (Å²) in [6.45, 7) is 4.28. The van der Waals surface area contributed by atoms with E-state index < -0.39 is 5.97 Å². The highest BCUT2D eigenvalue weighted by molar-refractivity contribution is 7.11. The van der Waals surface area contributed by atoms with Crippen molar-refractivity contribution in [3.05, 3.63) is 57.3 Å². The van der Waals surface area contributed by atoms with Gasteiger partial charge in [0.15, 0.2) is 6.61 Å². The zero-order valence-corrected chi connectivity index (χ0v) is 16.6. The fraction of sp³-hybridized carbons (Fsp3) is 0.300. The number of ether oxygens (including phenoxy) is 1. The van der Waals surface area contributed by atoms with Crippen molar-refractivity contribution in [1.82, 2.24) is 4.90 Å². The SMILES string of the molecule is Cc1ccsc1/C=C/C(=O)OCC(=O)N1CCN(c2ccccc2Cl)CC1. The predicted octanol–water partition coefficient (Wildman–Crippen LogP) is 3.62. The van der Waals surface area contributed by atoms with E-state index in [1.807, 2.05) is 42.6 Å². The van der Waals surface area contributed by atoms with Gasteiger partial charge in [-0.2, -0.15) is 0 Å². The second kappa shape index (κ2) is 9.06. The van der Waals surface area contributed by atoms with Crippen LogP contribution in [-0.2, 0) is 14.3 Å². The van der Waals surface area contributed by atoms with Crippen LogP contribution < -0.4 is 4.90 Å². The molecule has 0 saturated carbocycles. The van der Waals surface area contributed by atoms with E-state index in [2.05, 4.69) is 4.90 Å². The minimum atomic E-state index is -0.508. The number of hydrogen-bond acceptors (Lipinski definition) is 5. The number of anilines is 1. The number of benzene rings is 1. The van der Waals surface area contributed by atoms with Crippen molar-refractivity contribution >= 4 is 46.6 Å². The van der Waals surface area contributed by atoms with Crippen LogP contribution in [0.3, 0.4) is 0 Å². The second-order valence-corrected chi connectivity index (χ2v) is 7.58. The van der Waals surface area contributed by atoms with E-state index in [1.165, 1.54) is 6.08 Å². The molecule has 0 N–H and O–H groups in total. The molecule has 2 aromatic rings. The number of carbonyl (C=O) groups excluding carboxylic acids is 2. The van der Waals surface area contributed by atoms with Gasteiger partial charge in [-0.05, 0) is 42.1 Å². The van der Waals surface area contributed by atoms with Gasteiger partial charge in [-0.25, -0.2) is 4.79 Å². The lowest BCUT2D eigenvalue weighted by atomic mass is 10.2. The number of para-hydroxylation sites is 1. The summed E-state index contributed by atoms with van der Waals surface area (Å²) in [7, 11) is 0. The normalized spacial score (nSPS) is 14.6. The van der Waals surface area contributed by atoms with Crippen molar-refractivity contribution in [3.63, 3.8) is 0 Å². The first-order valence-electron chi connectivity index (χ1n) is 8.71. The van der Waals surface area contributed by atoms with Gasteiger partial charge in [0.25, 0.3) is 5.91 Å². The van der Waals surface area contributed by atoms with Crippen LogP contribution in [0.25, 0.3) is 6.08 Å². The predicted molar refractivity (Wildman–Crippen MR) is 109 cm³/mol. The van der Waals surface area contributed by atoms with Crippen LogP contribution >= 0.6 is 22.9 Å². The quantitative estimate of drug-likeness (QED) is 0.564. The highest BCUT2D eigenvalue weighted by atomic mass is 35.5. The van der Waals surface area contributed by atoms with Crippen LogP contribution in [0.15, 0.2) is 41.8 Å². The van der Waals surface area contributed by atoms with E-state index in [0.29, 0.717) is 31.2 Å². The van der Waals surface area contributed by atoms with Gasteiger partial charge in [-0.3, -0.25) is 4.79 Å². The van der Waals surface area contributed by atoms with Crippen molar-refractivity contribution in [2.75, 3.05) is 37.7 Å². The van der Waals surface area contributed by atoms with Gasteiger partial charge in [0.1, 0.15) is 0 Å². The van der Waals surface area contributed by atoms with Crippen LogP contribution in [-0.4, -0.2) is 49.6 Å². The van der Waals surface area contributed by atoms with Gasteiger partial charge in [0, 0.05) is 37.1 Å². The fourth-order valence-corrected chi connectivity index (χ4v) is 3.95. The van der Waals surface area contributed by atoms with E-state index >= 15 is 0 Å². The third-order valence-corrected chi connectivity index (χ3v) is 5.74. The molecule has 1 amide bonds.